The van der Waals surface area contributed by atoms with Crippen LogP contribution in [-0.2, 0) is 9.47 Å². The maximum atomic E-state index is 12.3. The smallest absolute Gasteiger partial charge is 0.344 e. The van der Waals surface area contributed by atoms with Gasteiger partial charge in [-0.25, -0.2) is 4.79 Å². The zero-order valence-corrected chi connectivity index (χ0v) is 15.4. The van der Waals surface area contributed by atoms with Gasteiger partial charge in [0, 0.05) is 11.1 Å². The van der Waals surface area contributed by atoms with Crippen molar-refractivity contribution in [2.24, 2.45) is 0 Å². The number of hydrogen-bond acceptors (Lipinski definition) is 4. The van der Waals surface area contributed by atoms with Crippen molar-refractivity contribution in [2.45, 2.75) is 45.2 Å². The lowest BCUT2D eigenvalue weighted by Gasteiger charge is -2.30. The van der Waals surface area contributed by atoms with E-state index in [1.54, 1.807) is 6.07 Å². The summed E-state index contributed by atoms with van der Waals surface area (Å²) in [5, 5.41) is 1.44. The van der Waals surface area contributed by atoms with E-state index >= 15 is 0 Å². The Balaban J connectivity index is 1.75. The molecule has 0 aliphatic carbocycles. The maximum absolute atomic E-state index is 12.3. The lowest BCUT2D eigenvalue weighted by molar-refractivity contribution is -0.0895. The molecule has 1 aliphatic heterocycles. The summed E-state index contributed by atoms with van der Waals surface area (Å²) in [6.07, 6.45) is -0.452. The summed E-state index contributed by atoms with van der Waals surface area (Å²) in [6.45, 7) is 8.11. The van der Waals surface area contributed by atoms with Crippen molar-refractivity contribution >= 4 is 10.8 Å². The number of fused-ring (bicyclic) bond motifs is 1. The summed E-state index contributed by atoms with van der Waals surface area (Å²) in [7, 11) is 0. The van der Waals surface area contributed by atoms with Crippen LogP contribution in [0.1, 0.15) is 39.5 Å². The van der Waals surface area contributed by atoms with Gasteiger partial charge >= 0.3 is 5.63 Å². The highest BCUT2D eigenvalue weighted by Gasteiger charge is 2.49. The van der Waals surface area contributed by atoms with Gasteiger partial charge < -0.3 is 13.9 Å². The third kappa shape index (κ3) is 2.75. The molecule has 1 fully saturated rings. The lowest BCUT2D eigenvalue weighted by Crippen LogP contribution is -2.41. The minimum Gasteiger partial charge on any atom is -0.422 e. The highest BCUT2D eigenvalue weighted by Crippen LogP contribution is 2.45. The molecule has 0 spiro atoms. The molecule has 1 saturated heterocycles. The average molecular weight is 350 g/mol. The summed E-state index contributed by atoms with van der Waals surface area (Å²) in [6, 6.07) is 17.1. The Morgan fingerprint density at radius 1 is 0.846 bits per heavy atom. The second-order valence-corrected chi connectivity index (χ2v) is 7.70. The van der Waals surface area contributed by atoms with E-state index in [0.29, 0.717) is 11.1 Å². The summed E-state index contributed by atoms with van der Waals surface area (Å²) < 4.78 is 17.8. The zero-order chi connectivity index (χ0) is 18.5. The van der Waals surface area contributed by atoms with Crippen molar-refractivity contribution in [3.63, 3.8) is 0 Å². The van der Waals surface area contributed by atoms with Gasteiger partial charge in [-0.2, -0.15) is 0 Å². The van der Waals surface area contributed by atoms with E-state index in [2.05, 4.69) is 0 Å². The zero-order valence-electron chi connectivity index (χ0n) is 15.4. The van der Waals surface area contributed by atoms with E-state index in [1.807, 2.05) is 76.2 Å². The first-order chi connectivity index (χ1) is 12.3. The van der Waals surface area contributed by atoms with Gasteiger partial charge in [0.2, 0.25) is 0 Å². The van der Waals surface area contributed by atoms with Gasteiger partial charge in [0.05, 0.1) is 16.6 Å². The SMILES string of the molecule is CC1(C)OC(c2cccc(-c3cc4ccccc4c(=O)o3)c2)OC1(C)C. The van der Waals surface area contributed by atoms with Gasteiger partial charge in [0.1, 0.15) is 5.76 Å². The molecule has 4 nitrogen and oxygen atoms in total. The van der Waals surface area contributed by atoms with Crippen molar-refractivity contribution in [2.75, 3.05) is 0 Å². The fourth-order valence-electron chi connectivity index (χ4n) is 3.09. The number of ether oxygens (including phenoxy) is 2. The van der Waals surface area contributed by atoms with E-state index in [4.69, 9.17) is 13.9 Å². The Morgan fingerprint density at radius 2 is 1.54 bits per heavy atom. The molecule has 0 unspecified atom stereocenters. The van der Waals surface area contributed by atoms with Crippen LogP contribution in [0.4, 0.5) is 0 Å². The minimum atomic E-state index is -0.452. The molecule has 1 aliphatic rings. The molecule has 3 aromatic rings. The van der Waals surface area contributed by atoms with Crippen LogP contribution in [0.3, 0.4) is 0 Å². The summed E-state index contributed by atoms with van der Waals surface area (Å²) in [5.74, 6) is 0.534. The number of benzene rings is 2. The van der Waals surface area contributed by atoms with Crippen LogP contribution in [0, 0.1) is 0 Å². The van der Waals surface area contributed by atoms with Gasteiger partial charge in [-0.3, -0.25) is 0 Å². The monoisotopic (exact) mass is 350 g/mol. The van der Waals surface area contributed by atoms with E-state index in [1.165, 1.54) is 0 Å². The Hall–Kier alpha value is -2.43. The molecule has 2 aromatic carbocycles. The molecule has 0 saturated carbocycles. The molecular formula is C22H22O4. The van der Waals surface area contributed by atoms with Gasteiger partial charge in [0.25, 0.3) is 0 Å². The van der Waals surface area contributed by atoms with Crippen molar-refractivity contribution in [3.8, 4) is 11.3 Å². The molecule has 0 amide bonds. The van der Waals surface area contributed by atoms with E-state index in [9.17, 15) is 4.79 Å². The van der Waals surface area contributed by atoms with E-state index in [-0.39, 0.29) is 5.63 Å². The highest BCUT2D eigenvalue weighted by atomic mass is 16.7. The van der Waals surface area contributed by atoms with E-state index in [0.717, 1.165) is 16.5 Å². The Labute approximate surface area is 152 Å². The van der Waals surface area contributed by atoms with Crippen molar-refractivity contribution < 1.29 is 13.9 Å². The molecule has 2 heterocycles. The summed E-state index contributed by atoms with van der Waals surface area (Å²) in [4.78, 5) is 12.3. The fraction of sp³-hybridized carbons (Fsp3) is 0.318. The van der Waals surface area contributed by atoms with Crippen molar-refractivity contribution in [1.29, 1.82) is 0 Å². The lowest BCUT2D eigenvalue weighted by atomic mass is 9.90. The minimum absolute atomic E-state index is 0.334. The molecular weight excluding hydrogens is 328 g/mol. The Kier molecular flexibility index (Phi) is 3.79. The van der Waals surface area contributed by atoms with Crippen LogP contribution >= 0.6 is 0 Å². The van der Waals surface area contributed by atoms with Crippen LogP contribution in [0.15, 0.2) is 63.8 Å². The molecule has 1 aromatic heterocycles. The first-order valence-corrected chi connectivity index (χ1v) is 8.76. The van der Waals surface area contributed by atoms with E-state index < -0.39 is 17.5 Å². The Morgan fingerprint density at radius 3 is 2.27 bits per heavy atom. The third-order valence-corrected chi connectivity index (χ3v) is 5.37. The van der Waals surface area contributed by atoms with Gasteiger partial charge in [-0.15, -0.1) is 0 Å². The largest absolute Gasteiger partial charge is 0.422 e. The van der Waals surface area contributed by atoms with Gasteiger partial charge in [-0.05, 0) is 51.3 Å². The van der Waals surface area contributed by atoms with Crippen LogP contribution in [0.25, 0.3) is 22.1 Å². The van der Waals surface area contributed by atoms with Crippen LogP contribution in [0.2, 0.25) is 0 Å². The molecule has 26 heavy (non-hydrogen) atoms. The topological polar surface area (TPSA) is 48.7 Å². The standard InChI is InChI=1S/C22H22O4/c1-21(2)22(3,4)26-20(25-21)16-10-7-9-15(12-16)18-13-14-8-5-6-11-17(14)19(23)24-18/h5-13,20H,1-4H3. The molecule has 134 valence electrons. The molecule has 0 bridgehead atoms. The average Bonchev–Trinajstić information content (AvgIpc) is 2.83. The first-order valence-electron chi connectivity index (χ1n) is 8.76. The summed E-state index contributed by atoms with van der Waals surface area (Å²) >= 11 is 0. The number of hydrogen-bond donors (Lipinski definition) is 0. The quantitative estimate of drug-likeness (QED) is 0.648. The molecule has 4 heteroatoms. The van der Waals surface area contributed by atoms with Gasteiger partial charge in [-0.1, -0.05) is 36.4 Å². The molecule has 0 N–H and O–H groups in total. The van der Waals surface area contributed by atoms with Crippen molar-refractivity contribution in [3.05, 3.63) is 70.6 Å². The van der Waals surface area contributed by atoms with Crippen molar-refractivity contribution in [1.82, 2.24) is 0 Å². The van der Waals surface area contributed by atoms with Crippen LogP contribution in [-0.4, -0.2) is 11.2 Å². The normalized spacial score (nSPS) is 19.1. The summed E-state index contributed by atoms with van der Waals surface area (Å²) in [5.41, 5.74) is 0.586. The first kappa shape index (κ1) is 17.0. The second kappa shape index (κ2) is 5.79. The third-order valence-electron chi connectivity index (χ3n) is 5.37. The maximum Gasteiger partial charge on any atom is 0.344 e. The highest BCUT2D eigenvalue weighted by molar-refractivity contribution is 5.84. The molecule has 4 rings (SSSR count). The molecule has 0 radical (unpaired) electrons. The van der Waals surface area contributed by atoms with Crippen LogP contribution < -0.4 is 5.63 Å². The predicted octanol–water partition coefficient (Wildman–Crippen LogP) is 5.06. The van der Waals surface area contributed by atoms with Crippen LogP contribution in [0.5, 0.6) is 0 Å². The second-order valence-electron chi connectivity index (χ2n) is 7.70. The fourth-order valence-corrected chi connectivity index (χ4v) is 3.09. The Bertz CT molecular complexity index is 1010. The number of rotatable bonds is 2. The predicted molar refractivity (Wildman–Crippen MR) is 101 cm³/mol. The van der Waals surface area contributed by atoms with Gasteiger partial charge in [0.15, 0.2) is 6.29 Å². The molecule has 0 atom stereocenters.